The van der Waals surface area contributed by atoms with Gasteiger partial charge in [-0.1, -0.05) is 18.2 Å². The summed E-state index contributed by atoms with van der Waals surface area (Å²) in [5.41, 5.74) is 3.54. The maximum atomic E-state index is 12.9. The Morgan fingerprint density at radius 2 is 2.08 bits per heavy atom. The number of hydrogen-bond donors (Lipinski definition) is 0. The summed E-state index contributed by atoms with van der Waals surface area (Å²) in [4.78, 5) is 14.9. The Balaban J connectivity index is 1.50. The Morgan fingerprint density at radius 1 is 1.24 bits per heavy atom. The molecule has 0 N–H and O–H groups in total. The fourth-order valence-corrected chi connectivity index (χ4v) is 3.97. The van der Waals surface area contributed by atoms with Gasteiger partial charge < -0.3 is 9.47 Å². The van der Waals surface area contributed by atoms with E-state index in [0.717, 1.165) is 31.5 Å². The van der Waals surface area contributed by atoms with Gasteiger partial charge in [0.2, 0.25) is 5.91 Å². The van der Waals surface area contributed by atoms with Gasteiger partial charge in [-0.15, -0.1) is 0 Å². The second-order valence-corrected chi connectivity index (χ2v) is 7.09. The largest absolute Gasteiger partial charge is 0.350 e. The number of carbonyl (C=O) groups excluding carboxylic acids is 1. The van der Waals surface area contributed by atoms with E-state index in [0.29, 0.717) is 12.3 Å². The molecule has 1 aliphatic heterocycles. The number of hydrogen-bond acceptors (Lipinski definition) is 2. The van der Waals surface area contributed by atoms with Gasteiger partial charge in [-0.05, 0) is 30.0 Å². The van der Waals surface area contributed by atoms with E-state index >= 15 is 0 Å². The molecular weight excluding hydrogens is 312 g/mol. The molecule has 1 fully saturated rings. The highest BCUT2D eigenvalue weighted by Gasteiger charge is 2.26. The highest BCUT2D eigenvalue weighted by atomic mass is 16.2. The highest BCUT2D eigenvalue weighted by Crippen LogP contribution is 2.27. The first kappa shape index (κ1) is 15.9. The minimum Gasteiger partial charge on any atom is -0.350 e. The summed E-state index contributed by atoms with van der Waals surface area (Å²) in [5, 5.41) is 5.46. The van der Waals surface area contributed by atoms with Crippen LogP contribution in [0, 0.1) is 0 Å². The lowest BCUT2D eigenvalue weighted by Gasteiger charge is -2.32. The number of fused-ring (bicyclic) bond motifs is 1. The summed E-state index contributed by atoms with van der Waals surface area (Å²) in [5.74, 6) is 0.629. The van der Waals surface area contributed by atoms with Crippen molar-refractivity contribution in [2.45, 2.75) is 25.2 Å². The number of aromatic nitrogens is 3. The van der Waals surface area contributed by atoms with E-state index in [9.17, 15) is 4.79 Å². The molecule has 5 heteroatoms. The fraction of sp³-hybridized carbons (Fsp3) is 0.400. The van der Waals surface area contributed by atoms with Crippen LogP contribution < -0.4 is 0 Å². The lowest BCUT2D eigenvalue weighted by molar-refractivity contribution is -0.131. The second-order valence-electron chi connectivity index (χ2n) is 7.09. The normalized spacial score (nSPS) is 18.0. The van der Waals surface area contributed by atoms with Crippen LogP contribution in [-0.2, 0) is 25.3 Å². The van der Waals surface area contributed by atoms with Gasteiger partial charge in [0.15, 0.2) is 0 Å². The molecule has 0 bridgehead atoms. The van der Waals surface area contributed by atoms with E-state index in [2.05, 4.69) is 34.2 Å². The van der Waals surface area contributed by atoms with Gasteiger partial charge in [0, 0.05) is 56.4 Å². The zero-order valence-electron chi connectivity index (χ0n) is 14.9. The number of carbonyl (C=O) groups is 1. The van der Waals surface area contributed by atoms with Gasteiger partial charge in [-0.2, -0.15) is 5.10 Å². The molecule has 2 aromatic heterocycles. The first-order chi connectivity index (χ1) is 12.1. The average molecular weight is 336 g/mol. The van der Waals surface area contributed by atoms with Crippen LogP contribution in [0.4, 0.5) is 0 Å². The maximum Gasteiger partial charge on any atom is 0.227 e. The average Bonchev–Trinajstić information content (AvgIpc) is 3.20. The van der Waals surface area contributed by atoms with Gasteiger partial charge >= 0.3 is 0 Å². The molecule has 4 rings (SSSR count). The summed E-state index contributed by atoms with van der Waals surface area (Å²) in [7, 11) is 3.98. The summed E-state index contributed by atoms with van der Waals surface area (Å²) in [6.07, 6.45) is 8.75. The van der Waals surface area contributed by atoms with Crippen LogP contribution in [0.5, 0.6) is 0 Å². The summed E-state index contributed by atoms with van der Waals surface area (Å²) < 4.78 is 3.94. The molecule has 1 saturated heterocycles. The number of para-hydroxylation sites is 1. The van der Waals surface area contributed by atoms with E-state index < -0.39 is 0 Å². The lowest BCUT2D eigenvalue weighted by Crippen LogP contribution is -2.39. The Hall–Kier alpha value is -2.56. The molecule has 5 nitrogen and oxygen atoms in total. The van der Waals surface area contributed by atoms with Crippen molar-refractivity contribution in [2.24, 2.45) is 14.1 Å². The lowest BCUT2D eigenvalue weighted by atomic mass is 9.92. The molecule has 25 heavy (non-hydrogen) atoms. The molecule has 130 valence electrons. The third-order valence-corrected chi connectivity index (χ3v) is 5.29. The second kappa shape index (κ2) is 6.39. The highest BCUT2D eigenvalue weighted by molar-refractivity contribution is 5.89. The summed E-state index contributed by atoms with van der Waals surface area (Å²) in [6, 6.07) is 8.28. The Labute approximate surface area is 147 Å². The van der Waals surface area contributed by atoms with Crippen molar-refractivity contribution < 1.29 is 4.79 Å². The number of piperidine rings is 1. The fourth-order valence-electron chi connectivity index (χ4n) is 3.97. The molecule has 0 saturated carbocycles. The molecule has 0 aliphatic carbocycles. The Kier molecular flexibility index (Phi) is 4.07. The summed E-state index contributed by atoms with van der Waals surface area (Å²) in [6.45, 7) is 1.66. The van der Waals surface area contributed by atoms with Crippen LogP contribution in [0.25, 0.3) is 10.9 Å². The number of likely N-dealkylation sites (tertiary alicyclic amines) is 1. The van der Waals surface area contributed by atoms with Crippen LogP contribution in [-0.4, -0.2) is 38.2 Å². The van der Waals surface area contributed by atoms with Gasteiger partial charge in [0.05, 0.1) is 12.6 Å². The van der Waals surface area contributed by atoms with Crippen molar-refractivity contribution in [1.29, 1.82) is 0 Å². The summed E-state index contributed by atoms with van der Waals surface area (Å²) >= 11 is 0. The number of benzene rings is 1. The van der Waals surface area contributed by atoms with Gasteiger partial charge in [0.25, 0.3) is 0 Å². The minimum absolute atomic E-state index is 0.227. The van der Waals surface area contributed by atoms with Crippen molar-refractivity contribution in [3.05, 3.63) is 54.0 Å². The maximum absolute atomic E-state index is 12.9. The predicted octanol–water partition coefficient (Wildman–Crippen LogP) is 2.86. The van der Waals surface area contributed by atoms with Gasteiger partial charge in [0.1, 0.15) is 0 Å². The first-order valence-electron chi connectivity index (χ1n) is 8.91. The van der Waals surface area contributed by atoms with Crippen LogP contribution >= 0.6 is 0 Å². The van der Waals surface area contributed by atoms with Crippen LogP contribution in [0.3, 0.4) is 0 Å². The van der Waals surface area contributed by atoms with Crippen molar-refractivity contribution in [2.75, 3.05) is 13.1 Å². The number of aryl methyl sites for hydroxylation is 2. The SMILES string of the molecule is Cn1cc(C2CCCN(C(=O)Cc3cn(C)c4ccccc34)C2)cn1. The van der Waals surface area contributed by atoms with Crippen molar-refractivity contribution >= 4 is 16.8 Å². The molecule has 1 aromatic carbocycles. The molecule has 3 aromatic rings. The monoisotopic (exact) mass is 336 g/mol. The minimum atomic E-state index is 0.227. The van der Waals surface area contributed by atoms with Crippen molar-refractivity contribution in [3.8, 4) is 0 Å². The first-order valence-corrected chi connectivity index (χ1v) is 8.91. The zero-order valence-corrected chi connectivity index (χ0v) is 14.9. The number of rotatable bonds is 3. The quantitative estimate of drug-likeness (QED) is 0.738. The molecule has 0 spiro atoms. The van der Waals surface area contributed by atoms with Crippen LogP contribution in [0.2, 0.25) is 0 Å². The third-order valence-electron chi connectivity index (χ3n) is 5.29. The number of nitrogens with zero attached hydrogens (tertiary/aromatic N) is 4. The molecule has 1 unspecified atom stereocenters. The number of amides is 1. The standard InChI is InChI=1S/C20H24N4O/c1-22-12-16(18-7-3-4-8-19(18)22)10-20(25)24-9-5-6-15(14-24)17-11-21-23(2)13-17/h3-4,7-8,11-13,15H,5-6,9-10,14H2,1-2H3. The van der Waals surface area contributed by atoms with E-state index in [4.69, 9.17) is 0 Å². The molecule has 1 amide bonds. The molecule has 0 radical (unpaired) electrons. The molecule has 1 atom stereocenters. The van der Waals surface area contributed by atoms with Crippen LogP contribution in [0.1, 0.15) is 29.9 Å². The van der Waals surface area contributed by atoms with Crippen LogP contribution in [0.15, 0.2) is 42.9 Å². The van der Waals surface area contributed by atoms with E-state index in [1.165, 1.54) is 16.5 Å². The van der Waals surface area contributed by atoms with Crippen molar-refractivity contribution in [1.82, 2.24) is 19.2 Å². The van der Waals surface area contributed by atoms with Crippen molar-refractivity contribution in [3.63, 3.8) is 0 Å². The van der Waals surface area contributed by atoms with Gasteiger partial charge in [-0.3, -0.25) is 9.48 Å². The zero-order chi connectivity index (χ0) is 17.4. The Morgan fingerprint density at radius 3 is 2.88 bits per heavy atom. The van der Waals surface area contributed by atoms with E-state index in [-0.39, 0.29) is 5.91 Å². The topological polar surface area (TPSA) is 43.1 Å². The van der Waals surface area contributed by atoms with E-state index in [1.807, 2.05) is 42.0 Å². The molecule has 3 heterocycles. The molecular formula is C20H24N4O. The van der Waals surface area contributed by atoms with E-state index in [1.54, 1.807) is 0 Å². The third kappa shape index (κ3) is 3.06. The van der Waals surface area contributed by atoms with Gasteiger partial charge in [-0.25, -0.2) is 0 Å². The Bertz CT molecular complexity index is 907. The molecule has 1 aliphatic rings. The predicted molar refractivity (Wildman–Crippen MR) is 98.4 cm³/mol. The smallest absolute Gasteiger partial charge is 0.227 e.